The summed E-state index contributed by atoms with van der Waals surface area (Å²) < 4.78 is 21.3. The van der Waals surface area contributed by atoms with Crippen molar-refractivity contribution in [2.75, 3.05) is 26.6 Å². The van der Waals surface area contributed by atoms with Crippen LogP contribution >= 0.6 is 0 Å². The van der Waals surface area contributed by atoms with Crippen LogP contribution in [0.3, 0.4) is 0 Å². The number of rotatable bonds is 8. The van der Waals surface area contributed by atoms with Crippen LogP contribution in [0.5, 0.6) is 17.2 Å². The van der Waals surface area contributed by atoms with Gasteiger partial charge in [0.25, 0.3) is 0 Å². The quantitative estimate of drug-likeness (QED) is 0.637. The van der Waals surface area contributed by atoms with Gasteiger partial charge in [0.1, 0.15) is 0 Å². The van der Waals surface area contributed by atoms with E-state index in [4.69, 9.17) is 18.7 Å². The van der Waals surface area contributed by atoms with Gasteiger partial charge in [-0.3, -0.25) is 4.79 Å². The first-order chi connectivity index (χ1) is 13.6. The number of anilines is 1. The number of amides is 1. The number of methoxy groups -OCH3 is 3. The number of aromatic nitrogens is 2. The van der Waals surface area contributed by atoms with Gasteiger partial charge in [-0.2, -0.15) is 4.98 Å². The first kappa shape index (κ1) is 19.2. The first-order valence-electron chi connectivity index (χ1n) is 8.62. The number of ether oxygens (including phenoxy) is 3. The Bertz CT molecular complexity index is 915. The molecule has 3 aromatic rings. The minimum absolute atomic E-state index is 0.126. The standard InChI is InChI=1S/C20H21N3O5/c1-25-15-11-13(12-16(26-2)19(15)27-3)20-22-18(28-23-20)10-9-17(24)21-14-7-5-4-6-8-14/h4-8,11-12H,9-10H2,1-3H3,(H,21,24). The molecule has 0 aliphatic rings. The van der Waals surface area contributed by atoms with Crippen LogP contribution in [0.15, 0.2) is 47.0 Å². The average Bonchev–Trinajstić information content (AvgIpc) is 3.21. The van der Waals surface area contributed by atoms with E-state index in [1.54, 1.807) is 12.1 Å². The molecule has 0 fully saturated rings. The summed E-state index contributed by atoms with van der Waals surface area (Å²) in [4.78, 5) is 16.4. The zero-order valence-electron chi connectivity index (χ0n) is 15.9. The van der Waals surface area contributed by atoms with Gasteiger partial charge in [0.15, 0.2) is 11.5 Å². The van der Waals surface area contributed by atoms with Crippen molar-refractivity contribution in [1.82, 2.24) is 10.1 Å². The zero-order chi connectivity index (χ0) is 19.9. The predicted octanol–water partition coefficient (Wildman–Crippen LogP) is 3.33. The van der Waals surface area contributed by atoms with Crippen LogP contribution in [0.25, 0.3) is 11.4 Å². The summed E-state index contributed by atoms with van der Waals surface area (Å²) in [6, 6.07) is 12.7. The molecular formula is C20H21N3O5. The van der Waals surface area contributed by atoms with Gasteiger partial charge >= 0.3 is 0 Å². The van der Waals surface area contributed by atoms with Crippen LogP contribution in [0.1, 0.15) is 12.3 Å². The van der Waals surface area contributed by atoms with Crippen LogP contribution in [-0.4, -0.2) is 37.4 Å². The smallest absolute Gasteiger partial charge is 0.227 e. The highest BCUT2D eigenvalue weighted by Gasteiger charge is 2.17. The summed E-state index contributed by atoms with van der Waals surface area (Å²) in [5.41, 5.74) is 1.40. The van der Waals surface area contributed by atoms with Gasteiger partial charge in [-0.25, -0.2) is 0 Å². The number of aryl methyl sites for hydroxylation is 1. The van der Waals surface area contributed by atoms with E-state index in [1.165, 1.54) is 21.3 Å². The lowest BCUT2D eigenvalue weighted by Gasteiger charge is -2.12. The van der Waals surface area contributed by atoms with Crippen molar-refractivity contribution in [2.24, 2.45) is 0 Å². The first-order valence-corrected chi connectivity index (χ1v) is 8.62. The monoisotopic (exact) mass is 383 g/mol. The van der Waals surface area contributed by atoms with E-state index < -0.39 is 0 Å². The van der Waals surface area contributed by atoms with Gasteiger partial charge in [0.2, 0.25) is 23.4 Å². The molecule has 0 bridgehead atoms. The molecule has 0 atom stereocenters. The van der Waals surface area contributed by atoms with Crippen LogP contribution in [0.2, 0.25) is 0 Å². The third-order valence-electron chi connectivity index (χ3n) is 4.01. The molecule has 0 spiro atoms. The van der Waals surface area contributed by atoms with Gasteiger partial charge in [0.05, 0.1) is 21.3 Å². The second-order valence-corrected chi connectivity index (χ2v) is 5.84. The Morgan fingerprint density at radius 2 is 1.71 bits per heavy atom. The summed E-state index contributed by atoms with van der Waals surface area (Å²) in [7, 11) is 4.61. The highest BCUT2D eigenvalue weighted by molar-refractivity contribution is 5.90. The largest absolute Gasteiger partial charge is 0.493 e. The third-order valence-corrected chi connectivity index (χ3v) is 4.01. The van der Waals surface area contributed by atoms with Crippen LogP contribution < -0.4 is 19.5 Å². The minimum Gasteiger partial charge on any atom is -0.493 e. The van der Waals surface area contributed by atoms with Gasteiger partial charge in [0, 0.05) is 24.1 Å². The van der Waals surface area contributed by atoms with E-state index in [2.05, 4.69) is 15.5 Å². The molecule has 8 nitrogen and oxygen atoms in total. The second kappa shape index (κ2) is 8.90. The Morgan fingerprint density at radius 3 is 2.32 bits per heavy atom. The molecule has 1 N–H and O–H groups in total. The lowest BCUT2D eigenvalue weighted by molar-refractivity contribution is -0.116. The molecule has 0 unspecified atom stereocenters. The number of nitrogens with zero attached hydrogens (tertiary/aromatic N) is 2. The number of para-hydroxylation sites is 1. The van der Waals surface area contributed by atoms with Crippen molar-refractivity contribution < 1.29 is 23.5 Å². The summed E-state index contributed by atoms with van der Waals surface area (Å²) >= 11 is 0. The minimum atomic E-state index is -0.126. The summed E-state index contributed by atoms with van der Waals surface area (Å²) in [6.45, 7) is 0. The predicted molar refractivity (Wildman–Crippen MR) is 103 cm³/mol. The molecular weight excluding hydrogens is 362 g/mol. The lowest BCUT2D eigenvalue weighted by atomic mass is 10.1. The van der Waals surface area contributed by atoms with E-state index >= 15 is 0 Å². The molecule has 0 saturated heterocycles. The van der Waals surface area contributed by atoms with Crippen molar-refractivity contribution in [1.29, 1.82) is 0 Å². The molecule has 146 valence electrons. The van der Waals surface area contributed by atoms with Gasteiger partial charge in [-0.15, -0.1) is 0 Å². The number of nitrogens with one attached hydrogen (secondary N) is 1. The van der Waals surface area contributed by atoms with Crippen molar-refractivity contribution in [2.45, 2.75) is 12.8 Å². The van der Waals surface area contributed by atoms with Crippen LogP contribution in [0.4, 0.5) is 5.69 Å². The van der Waals surface area contributed by atoms with E-state index in [1.807, 2.05) is 30.3 Å². The Kier molecular flexibility index (Phi) is 6.11. The molecule has 0 radical (unpaired) electrons. The maximum absolute atomic E-state index is 12.1. The Labute approximate surface area is 162 Å². The number of hydrogen-bond donors (Lipinski definition) is 1. The fourth-order valence-corrected chi connectivity index (χ4v) is 2.65. The SMILES string of the molecule is COc1cc(-c2noc(CCC(=O)Nc3ccccc3)n2)cc(OC)c1OC. The molecule has 1 aromatic heterocycles. The van der Waals surface area contributed by atoms with E-state index in [-0.39, 0.29) is 12.3 Å². The third kappa shape index (κ3) is 4.40. The molecule has 1 heterocycles. The Balaban J connectivity index is 1.69. The molecule has 3 rings (SSSR count). The normalized spacial score (nSPS) is 10.4. The highest BCUT2D eigenvalue weighted by Crippen LogP contribution is 2.40. The number of carbonyl (C=O) groups is 1. The lowest BCUT2D eigenvalue weighted by Crippen LogP contribution is -2.12. The maximum atomic E-state index is 12.1. The fourth-order valence-electron chi connectivity index (χ4n) is 2.65. The zero-order valence-corrected chi connectivity index (χ0v) is 15.9. The summed E-state index contributed by atoms with van der Waals surface area (Å²) in [5, 5.41) is 6.80. The van der Waals surface area contributed by atoms with Crippen molar-refractivity contribution in [3.63, 3.8) is 0 Å². The van der Waals surface area contributed by atoms with Crippen molar-refractivity contribution in [3.8, 4) is 28.6 Å². The topological polar surface area (TPSA) is 95.7 Å². The second-order valence-electron chi connectivity index (χ2n) is 5.84. The van der Waals surface area contributed by atoms with E-state index in [9.17, 15) is 4.79 Å². The fraction of sp³-hybridized carbons (Fsp3) is 0.250. The molecule has 0 saturated carbocycles. The van der Waals surface area contributed by atoms with Gasteiger partial charge < -0.3 is 24.1 Å². The van der Waals surface area contributed by atoms with Gasteiger partial charge in [-0.1, -0.05) is 23.4 Å². The molecule has 2 aromatic carbocycles. The van der Waals surface area contributed by atoms with Crippen molar-refractivity contribution >= 4 is 11.6 Å². The molecule has 8 heteroatoms. The molecule has 1 amide bonds. The van der Waals surface area contributed by atoms with E-state index in [0.717, 1.165) is 5.69 Å². The maximum Gasteiger partial charge on any atom is 0.227 e. The Morgan fingerprint density at radius 1 is 1.04 bits per heavy atom. The Hall–Kier alpha value is -3.55. The number of hydrogen-bond acceptors (Lipinski definition) is 7. The molecule has 28 heavy (non-hydrogen) atoms. The van der Waals surface area contributed by atoms with Crippen LogP contribution in [0, 0.1) is 0 Å². The van der Waals surface area contributed by atoms with Crippen molar-refractivity contribution in [3.05, 3.63) is 48.4 Å². The average molecular weight is 383 g/mol. The summed E-state index contributed by atoms with van der Waals surface area (Å²) in [6.07, 6.45) is 0.557. The molecule has 0 aliphatic heterocycles. The number of benzene rings is 2. The summed E-state index contributed by atoms with van der Waals surface area (Å²) in [5.74, 6) is 2.08. The van der Waals surface area contributed by atoms with Gasteiger partial charge in [-0.05, 0) is 24.3 Å². The highest BCUT2D eigenvalue weighted by atomic mass is 16.5. The van der Waals surface area contributed by atoms with E-state index in [0.29, 0.717) is 40.9 Å². The molecule has 0 aliphatic carbocycles. The van der Waals surface area contributed by atoms with Crippen LogP contribution in [-0.2, 0) is 11.2 Å². The number of carbonyl (C=O) groups excluding carboxylic acids is 1.